The summed E-state index contributed by atoms with van der Waals surface area (Å²) in [5.41, 5.74) is 2.97. The molecule has 0 atom stereocenters. The van der Waals surface area contributed by atoms with Gasteiger partial charge in [0.15, 0.2) is 0 Å². The molecule has 1 aliphatic rings. The van der Waals surface area contributed by atoms with E-state index in [1.807, 2.05) is 19.1 Å². The minimum atomic E-state index is -0.425. The van der Waals surface area contributed by atoms with Crippen LogP contribution >= 0.6 is 0 Å². The molecule has 0 spiro atoms. The second-order valence-corrected chi connectivity index (χ2v) is 8.83. The fourth-order valence-corrected chi connectivity index (χ4v) is 4.45. The number of benzene rings is 2. The number of rotatable bonds is 8. The molecule has 1 aliphatic carbocycles. The van der Waals surface area contributed by atoms with Gasteiger partial charge in [-0.25, -0.2) is 0 Å². The van der Waals surface area contributed by atoms with Crippen LogP contribution in [0, 0.1) is 6.92 Å². The van der Waals surface area contributed by atoms with Gasteiger partial charge < -0.3 is 15.4 Å². The molecule has 0 fully saturated rings. The van der Waals surface area contributed by atoms with Crippen LogP contribution < -0.4 is 20.9 Å². The van der Waals surface area contributed by atoms with E-state index in [2.05, 4.69) is 16.7 Å². The zero-order chi connectivity index (χ0) is 24.8. The van der Waals surface area contributed by atoms with Crippen LogP contribution in [0.2, 0.25) is 0 Å². The molecule has 0 radical (unpaired) electrons. The van der Waals surface area contributed by atoms with E-state index in [4.69, 9.17) is 4.74 Å². The quantitative estimate of drug-likeness (QED) is 0.483. The van der Waals surface area contributed by atoms with E-state index in [0.717, 1.165) is 24.8 Å². The fourth-order valence-electron chi connectivity index (χ4n) is 4.45. The number of methoxy groups -OCH3 is 1. The summed E-state index contributed by atoms with van der Waals surface area (Å²) >= 11 is 0. The first-order chi connectivity index (χ1) is 17.0. The number of amides is 2. The van der Waals surface area contributed by atoms with Gasteiger partial charge in [0.25, 0.3) is 11.5 Å². The molecule has 1 heterocycles. The average Bonchev–Trinajstić information content (AvgIpc) is 2.88. The molecule has 0 saturated heterocycles. The molecular weight excluding hydrogens is 442 g/mol. The summed E-state index contributed by atoms with van der Waals surface area (Å²) < 4.78 is 6.92. The SMILES string of the molecule is COc1cc(C)ccc1-n1cc(C(=O)NCC(=O)NCCC2=CCCCC2)c2ccccc2c1=O. The molecule has 0 saturated carbocycles. The smallest absolute Gasteiger partial charge is 0.263 e. The monoisotopic (exact) mass is 473 g/mol. The second kappa shape index (κ2) is 11.0. The van der Waals surface area contributed by atoms with Crippen molar-refractivity contribution in [1.82, 2.24) is 15.2 Å². The van der Waals surface area contributed by atoms with Crippen LogP contribution in [0.4, 0.5) is 0 Å². The highest BCUT2D eigenvalue weighted by Gasteiger charge is 2.18. The lowest BCUT2D eigenvalue weighted by Crippen LogP contribution is -2.38. The summed E-state index contributed by atoms with van der Waals surface area (Å²) in [5, 5.41) is 6.52. The Hall–Kier alpha value is -3.87. The van der Waals surface area contributed by atoms with Crippen molar-refractivity contribution in [1.29, 1.82) is 0 Å². The Labute approximate surface area is 204 Å². The van der Waals surface area contributed by atoms with Crippen molar-refractivity contribution < 1.29 is 14.3 Å². The summed E-state index contributed by atoms with van der Waals surface area (Å²) in [6, 6.07) is 12.5. The van der Waals surface area contributed by atoms with E-state index in [-0.39, 0.29) is 18.0 Å². The van der Waals surface area contributed by atoms with Gasteiger partial charge in [0.05, 0.1) is 24.9 Å². The lowest BCUT2D eigenvalue weighted by Gasteiger charge is -2.15. The van der Waals surface area contributed by atoms with E-state index in [1.165, 1.54) is 29.2 Å². The third kappa shape index (κ3) is 5.62. The van der Waals surface area contributed by atoms with Crippen LogP contribution in [-0.2, 0) is 4.79 Å². The summed E-state index contributed by atoms with van der Waals surface area (Å²) in [4.78, 5) is 38.7. The number of nitrogens with zero attached hydrogens (tertiary/aromatic N) is 1. The fraction of sp³-hybridized carbons (Fsp3) is 0.321. The highest BCUT2D eigenvalue weighted by molar-refractivity contribution is 6.07. The zero-order valence-corrected chi connectivity index (χ0v) is 20.2. The molecular formula is C28H31N3O4. The minimum Gasteiger partial charge on any atom is -0.495 e. The van der Waals surface area contributed by atoms with Crippen molar-refractivity contribution in [3.8, 4) is 11.4 Å². The molecule has 4 rings (SSSR count). The number of aryl methyl sites for hydroxylation is 1. The van der Waals surface area contributed by atoms with Gasteiger partial charge in [-0.15, -0.1) is 0 Å². The number of nitrogens with one attached hydrogen (secondary N) is 2. The van der Waals surface area contributed by atoms with Crippen molar-refractivity contribution in [2.45, 2.75) is 39.0 Å². The Morgan fingerprint density at radius 3 is 2.60 bits per heavy atom. The molecule has 0 unspecified atom stereocenters. The van der Waals surface area contributed by atoms with Gasteiger partial charge in [0, 0.05) is 23.5 Å². The molecule has 0 aliphatic heterocycles. The number of aromatic nitrogens is 1. The highest BCUT2D eigenvalue weighted by Crippen LogP contribution is 2.25. The number of allylic oxidation sites excluding steroid dienone is 1. The average molecular weight is 474 g/mol. The number of fused-ring (bicyclic) bond motifs is 1. The number of hydrogen-bond acceptors (Lipinski definition) is 4. The second-order valence-electron chi connectivity index (χ2n) is 8.83. The van der Waals surface area contributed by atoms with Crippen LogP contribution in [0.15, 0.2) is 65.1 Å². The van der Waals surface area contributed by atoms with Gasteiger partial charge in [-0.2, -0.15) is 0 Å². The third-order valence-corrected chi connectivity index (χ3v) is 6.33. The van der Waals surface area contributed by atoms with Crippen LogP contribution in [0.25, 0.3) is 16.5 Å². The number of carbonyl (C=O) groups excluding carboxylic acids is 2. The van der Waals surface area contributed by atoms with Crippen molar-refractivity contribution in [3.63, 3.8) is 0 Å². The van der Waals surface area contributed by atoms with Crippen molar-refractivity contribution >= 4 is 22.6 Å². The molecule has 2 amide bonds. The summed E-state index contributed by atoms with van der Waals surface area (Å²) in [7, 11) is 1.54. The topological polar surface area (TPSA) is 89.4 Å². The molecule has 7 nitrogen and oxygen atoms in total. The summed E-state index contributed by atoms with van der Waals surface area (Å²) in [6.07, 6.45) is 9.28. The van der Waals surface area contributed by atoms with Gasteiger partial charge in [-0.3, -0.25) is 19.0 Å². The zero-order valence-electron chi connectivity index (χ0n) is 20.2. The first-order valence-corrected chi connectivity index (χ1v) is 12.0. The van der Waals surface area contributed by atoms with E-state index in [0.29, 0.717) is 34.3 Å². The minimum absolute atomic E-state index is 0.140. The molecule has 7 heteroatoms. The molecule has 3 aromatic rings. The molecule has 35 heavy (non-hydrogen) atoms. The number of hydrogen-bond donors (Lipinski definition) is 2. The molecule has 1 aromatic heterocycles. The van der Waals surface area contributed by atoms with Gasteiger partial charge in [0.1, 0.15) is 5.75 Å². The molecule has 2 aromatic carbocycles. The van der Waals surface area contributed by atoms with Crippen LogP contribution in [0.5, 0.6) is 5.75 Å². The Kier molecular flexibility index (Phi) is 7.65. The maximum absolute atomic E-state index is 13.3. The summed E-state index contributed by atoms with van der Waals surface area (Å²) in [6.45, 7) is 2.35. The molecule has 182 valence electrons. The summed E-state index contributed by atoms with van der Waals surface area (Å²) in [5.74, 6) is -0.139. The van der Waals surface area contributed by atoms with Crippen molar-refractivity contribution in [2.24, 2.45) is 0 Å². The largest absolute Gasteiger partial charge is 0.495 e. The van der Waals surface area contributed by atoms with Crippen molar-refractivity contribution in [3.05, 3.63) is 81.8 Å². The Balaban J connectivity index is 1.54. The number of carbonyl (C=O) groups is 2. The first kappa shape index (κ1) is 24.3. The Morgan fingerprint density at radius 1 is 1.06 bits per heavy atom. The molecule has 0 bridgehead atoms. The maximum Gasteiger partial charge on any atom is 0.263 e. The lowest BCUT2D eigenvalue weighted by atomic mass is 9.97. The number of pyridine rings is 1. The van der Waals surface area contributed by atoms with Crippen LogP contribution in [-0.4, -0.2) is 36.6 Å². The third-order valence-electron chi connectivity index (χ3n) is 6.33. The van der Waals surface area contributed by atoms with Gasteiger partial charge in [-0.05, 0) is 62.8 Å². The van der Waals surface area contributed by atoms with E-state index in [1.54, 1.807) is 37.4 Å². The van der Waals surface area contributed by atoms with Crippen molar-refractivity contribution in [2.75, 3.05) is 20.2 Å². The predicted octanol–water partition coefficient (Wildman–Crippen LogP) is 4.04. The van der Waals surface area contributed by atoms with E-state index in [9.17, 15) is 14.4 Å². The number of ether oxygens (including phenoxy) is 1. The van der Waals surface area contributed by atoms with Crippen LogP contribution in [0.1, 0.15) is 48.0 Å². The van der Waals surface area contributed by atoms with Gasteiger partial charge >= 0.3 is 0 Å². The van der Waals surface area contributed by atoms with E-state index < -0.39 is 5.91 Å². The lowest BCUT2D eigenvalue weighted by molar-refractivity contribution is -0.120. The molecule has 2 N–H and O–H groups in total. The standard InChI is InChI=1S/C28H31N3O4/c1-19-12-13-24(25(16-19)35-2)31-18-23(21-10-6-7-11-22(21)28(31)34)27(33)30-17-26(32)29-15-14-20-8-4-3-5-9-20/h6-8,10-13,16,18H,3-5,9,14-15,17H2,1-2H3,(H,29,32)(H,30,33). The van der Waals surface area contributed by atoms with E-state index >= 15 is 0 Å². The Morgan fingerprint density at radius 2 is 1.86 bits per heavy atom. The normalized spacial score (nSPS) is 13.3. The highest BCUT2D eigenvalue weighted by atomic mass is 16.5. The maximum atomic E-state index is 13.3. The first-order valence-electron chi connectivity index (χ1n) is 12.0. The predicted molar refractivity (Wildman–Crippen MR) is 137 cm³/mol. The van der Waals surface area contributed by atoms with Gasteiger partial charge in [0.2, 0.25) is 5.91 Å². The van der Waals surface area contributed by atoms with Crippen LogP contribution in [0.3, 0.4) is 0 Å². The Bertz CT molecular complexity index is 1340. The van der Waals surface area contributed by atoms with Gasteiger partial charge in [-0.1, -0.05) is 35.9 Å².